The molecule has 0 saturated heterocycles. The van der Waals surface area contributed by atoms with Crippen molar-refractivity contribution in [1.29, 1.82) is 0 Å². The Balaban J connectivity index is 2.42. The number of hydrogen-bond donors (Lipinski definition) is 3. The van der Waals surface area contributed by atoms with Crippen molar-refractivity contribution in [2.45, 2.75) is 31.9 Å². The van der Waals surface area contributed by atoms with Crippen molar-refractivity contribution in [3.05, 3.63) is 29.8 Å². The molecule has 1 rings (SSSR count). The van der Waals surface area contributed by atoms with E-state index in [1.165, 1.54) is 18.2 Å². The van der Waals surface area contributed by atoms with E-state index in [9.17, 15) is 18.0 Å². The van der Waals surface area contributed by atoms with Crippen molar-refractivity contribution >= 4 is 11.7 Å². The van der Waals surface area contributed by atoms with Gasteiger partial charge in [0.25, 0.3) is 0 Å². The van der Waals surface area contributed by atoms with Crippen molar-refractivity contribution in [1.82, 2.24) is 5.32 Å². The van der Waals surface area contributed by atoms with Crippen LogP contribution in [0.4, 0.5) is 23.7 Å². The average molecular weight is 304 g/mol. The smallest absolute Gasteiger partial charge is 0.396 e. The van der Waals surface area contributed by atoms with Gasteiger partial charge in [0.05, 0.1) is 11.3 Å². The van der Waals surface area contributed by atoms with Crippen LogP contribution in [0.15, 0.2) is 24.3 Å². The van der Waals surface area contributed by atoms with Crippen molar-refractivity contribution in [3.8, 4) is 0 Å². The number of unbranched alkanes of at least 4 members (excludes halogenated alkanes) is 3. The molecule has 0 spiro atoms. The molecule has 0 aliphatic rings. The summed E-state index contributed by atoms with van der Waals surface area (Å²) >= 11 is 0. The van der Waals surface area contributed by atoms with Crippen LogP contribution in [0.5, 0.6) is 0 Å². The molecule has 4 nitrogen and oxygen atoms in total. The minimum atomic E-state index is -4.51. The first-order chi connectivity index (χ1) is 9.95. The Bertz CT molecular complexity index is 450. The Hall–Kier alpha value is -1.76. The maximum absolute atomic E-state index is 12.7. The quantitative estimate of drug-likeness (QED) is 0.676. The monoisotopic (exact) mass is 304 g/mol. The van der Waals surface area contributed by atoms with E-state index in [2.05, 4.69) is 10.6 Å². The maximum atomic E-state index is 12.7. The van der Waals surface area contributed by atoms with E-state index in [-0.39, 0.29) is 12.3 Å². The first kappa shape index (κ1) is 17.3. The van der Waals surface area contributed by atoms with Crippen LogP contribution in [-0.2, 0) is 6.18 Å². The molecule has 0 aromatic heterocycles. The lowest BCUT2D eigenvalue weighted by molar-refractivity contribution is -0.136. The molecular weight excluding hydrogens is 285 g/mol. The van der Waals surface area contributed by atoms with E-state index >= 15 is 0 Å². The van der Waals surface area contributed by atoms with Gasteiger partial charge in [-0.05, 0) is 25.0 Å². The fraction of sp³-hybridized carbons (Fsp3) is 0.500. The number of benzene rings is 1. The molecule has 1 aromatic rings. The van der Waals surface area contributed by atoms with Gasteiger partial charge in [0.15, 0.2) is 0 Å². The third-order valence-electron chi connectivity index (χ3n) is 2.85. The summed E-state index contributed by atoms with van der Waals surface area (Å²) in [6.45, 7) is 0.521. The average Bonchev–Trinajstić information content (AvgIpc) is 2.42. The summed E-state index contributed by atoms with van der Waals surface area (Å²) < 4.78 is 38.2. The van der Waals surface area contributed by atoms with Crippen molar-refractivity contribution < 1.29 is 23.1 Å². The number of para-hydroxylation sites is 1. The van der Waals surface area contributed by atoms with E-state index in [1.807, 2.05) is 0 Å². The van der Waals surface area contributed by atoms with Gasteiger partial charge in [0.2, 0.25) is 0 Å². The number of alkyl halides is 3. The lowest BCUT2D eigenvalue weighted by Crippen LogP contribution is -2.30. The molecule has 0 saturated carbocycles. The van der Waals surface area contributed by atoms with Gasteiger partial charge in [-0.2, -0.15) is 13.2 Å². The summed E-state index contributed by atoms with van der Waals surface area (Å²) in [4.78, 5) is 11.6. The predicted molar refractivity (Wildman–Crippen MR) is 74.0 cm³/mol. The molecule has 1 aromatic carbocycles. The van der Waals surface area contributed by atoms with Crippen LogP contribution >= 0.6 is 0 Å². The molecule has 0 unspecified atom stereocenters. The summed E-state index contributed by atoms with van der Waals surface area (Å²) in [5.74, 6) is 0. The van der Waals surface area contributed by atoms with E-state index in [4.69, 9.17) is 5.11 Å². The second-order valence-corrected chi connectivity index (χ2v) is 4.56. The van der Waals surface area contributed by atoms with Gasteiger partial charge in [-0.3, -0.25) is 0 Å². The van der Waals surface area contributed by atoms with Gasteiger partial charge >= 0.3 is 12.2 Å². The molecule has 0 aliphatic heterocycles. The van der Waals surface area contributed by atoms with Gasteiger partial charge in [-0.1, -0.05) is 25.0 Å². The van der Waals surface area contributed by atoms with Crippen LogP contribution in [0.3, 0.4) is 0 Å². The van der Waals surface area contributed by atoms with Crippen LogP contribution in [0.25, 0.3) is 0 Å². The zero-order chi connectivity index (χ0) is 15.7. The highest BCUT2D eigenvalue weighted by Gasteiger charge is 2.33. The highest BCUT2D eigenvalue weighted by atomic mass is 19.4. The number of hydrogen-bond acceptors (Lipinski definition) is 2. The Kier molecular flexibility index (Phi) is 7.01. The summed E-state index contributed by atoms with van der Waals surface area (Å²) in [5, 5.41) is 13.3. The molecule has 118 valence electrons. The molecule has 0 radical (unpaired) electrons. The Labute approximate surface area is 121 Å². The molecule has 0 heterocycles. The van der Waals surface area contributed by atoms with Crippen molar-refractivity contribution in [3.63, 3.8) is 0 Å². The van der Waals surface area contributed by atoms with Crippen LogP contribution < -0.4 is 10.6 Å². The topological polar surface area (TPSA) is 61.4 Å². The van der Waals surface area contributed by atoms with Gasteiger partial charge in [-0.25, -0.2) is 4.79 Å². The third-order valence-corrected chi connectivity index (χ3v) is 2.85. The van der Waals surface area contributed by atoms with Crippen molar-refractivity contribution in [2.75, 3.05) is 18.5 Å². The highest BCUT2D eigenvalue weighted by Crippen LogP contribution is 2.34. The molecule has 0 aliphatic carbocycles. The summed E-state index contributed by atoms with van der Waals surface area (Å²) in [7, 11) is 0. The van der Waals surface area contributed by atoms with Crippen LogP contribution in [0, 0.1) is 0 Å². The standard InChI is InChI=1S/C14H19F3N2O2/c15-14(16,17)11-7-3-4-8-12(11)19-13(21)18-9-5-1-2-6-10-20/h3-4,7-8,20H,1-2,5-6,9-10H2,(H2,18,19,21). The lowest BCUT2D eigenvalue weighted by atomic mass is 10.1. The zero-order valence-corrected chi connectivity index (χ0v) is 11.5. The van der Waals surface area contributed by atoms with Crippen LogP contribution in [0.1, 0.15) is 31.2 Å². The molecule has 7 heteroatoms. The van der Waals surface area contributed by atoms with Gasteiger partial charge in [0, 0.05) is 13.2 Å². The first-order valence-electron chi connectivity index (χ1n) is 6.77. The Morgan fingerprint density at radius 1 is 1.10 bits per heavy atom. The molecule has 2 amide bonds. The van der Waals surface area contributed by atoms with Crippen molar-refractivity contribution in [2.24, 2.45) is 0 Å². The number of anilines is 1. The number of halogens is 3. The van der Waals surface area contributed by atoms with Crippen LogP contribution in [0.2, 0.25) is 0 Å². The summed E-state index contributed by atoms with van der Waals surface area (Å²) in [6, 6.07) is 4.18. The van der Waals surface area contributed by atoms with Crippen LogP contribution in [-0.4, -0.2) is 24.3 Å². The third kappa shape index (κ3) is 6.48. The molecule has 3 N–H and O–H groups in total. The number of aliphatic hydroxyl groups excluding tert-OH is 1. The first-order valence-corrected chi connectivity index (χ1v) is 6.77. The second-order valence-electron chi connectivity index (χ2n) is 4.56. The number of amides is 2. The summed E-state index contributed by atoms with van der Waals surface area (Å²) in [5.41, 5.74) is -1.13. The molecule has 0 atom stereocenters. The van der Waals surface area contributed by atoms with Gasteiger partial charge < -0.3 is 15.7 Å². The SMILES string of the molecule is O=C(NCCCCCCO)Nc1ccccc1C(F)(F)F. The Morgan fingerprint density at radius 2 is 1.76 bits per heavy atom. The zero-order valence-electron chi connectivity index (χ0n) is 11.5. The molecule has 0 fully saturated rings. The molecule has 21 heavy (non-hydrogen) atoms. The normalized spacial score (nSPS) is 11.2. The van der Waals surface area contributed by atoms with E-state index in [0.29, 0.717) is 19.4 Å². The number of aliphatic hydroxyl groups is 1. The second kappa shape index (κ2) is 8.51. The number of nitrogens with one attached hydrogen (secondary N) is 2. The van der Waals surface area contributed by atoms with Gasteiger partial charge in [0.1, 0.15) is 0 Å². The predicted octanol–water partition coefficient (Wildman–Crippen LogP) is 3.38. The molecule has 0 bridgehead atoms. The largest absolute Gasteiger partial charge is 0.418 e. The highest BCUT2D eigenvalue weighted by molar-refractivity contribution is 5.90. The van der Waals surface area contributed by atoms with E-state index in [1.54, 1.807) is 0 Å². The van der Waals surface area contributed by atoms with E-state index in [0.717, 1.165) is 18.9 Å². The lowest BCUT2D eigenvalue weighted by Gasteiger charge is -2.14. The number of carbonyl (C=O) groups is 1. The maximum Gasteiger partial charge on any atom is 0.418 e. The van der Waals surface area contributed by atoms with E-state index < -0.39 is 17.8 Å². The fourth-order valence-corrected chi connectivity index (χ4v) is 1.80. The Morgan fingerprint density at radius 3 is 2.43 bits per heavy atom. The molecular formula is C14H19F3N2O2. The minimum Gasteiger partial charge on any atom is -0.396 e. The summed E-state index contributed by atoms with van der Waals surface area (Å²) in [6.07, 6.45) is -1.37. The van der Waals surface area contributed by atoms with Gasteiger partial charge in [-0.15, -0.1) is 0 Å². The number of urea groups is 1. The number of rotatable bonds is 7. The minimum absolute atomic E-state index is 0.141. The fourth-order valence-electron chi connectivity index (χ4n) is 1.80. The number of carbonyl (C=O) groups excluding carboxylic acids is 1.